The molecular formula is C25H35N3O4. The molecule has 0 spiro atoms. The molecule has 32 heavy (non-hydrogen) atoms. The molecule has 1 aromatic heterocycles. The quantitative estimate of drug-likeness (QED) is 0.680. The van der Waals surface area contributed by atoms with Crippen LogP contribution in [0.15, 0.2) is 18.2 Å². The van der Waals surface area contributed by atoms with Crippen molar-refractivity contribution in [3.63, 3.8) is 0 Å². The lowest BCUT2D eigenvalue weighted by Crippen LogP contribution is -2.38. The summed E-state index contributed by atoms with van der Waals surface area (Å²) in [5.74, 6) is 0.101. The Morgan fingerprint density at radius 3 is 2.66 bits per heavy atom. The summed E-state index contributed by atoms with van der Waals surface area (Å²) >= 11 is 0. The number of aryl methyl sites for hydroxylation is 1. The third-order valence-corrected chi connectivity index (χ3v) is 7.01. The van der Waals surface area contributed by atoms with E-state index in [4.69, 9.17) is 9.47 Å². The fraction of sp³-hybridized carbons (Fsp3) is 0.600. The van der Waals surface area contributed by atoms with Crippen LogP contribution in [-0.4, -0.2) is 54.2 Å². The van der Waals surface area contributed by atoms with Crippen molar-refractivity contribution in [3.05, 3.63) is 23.9 Å². The molecular weight excluding hydrogens is 406 g/mol. The second kappa shape index (κ2) is 8.10. The summed E-state index contributed by atoms with van der Waals surface area (Å²) in [5, 5.41) is 3.81. The molecule has 2 bridgehead atoms. The number of methoxy groups -OCH3 is 1. The number of rotatable bonds is 6. The maximum Gasteiger partial charge on any atom is 0.357 e. The summed E-state index contributed by atoms with van der Waals surface area (Å²) in [6, 6.07) is 6.00. The highest BCUT2D eigenvalue weighted by atomic mass is 16.5. The number of fused-ring (bicyclic) bond motifs is 3. The number of esters is 1. The van der Waals surface area contributed by atoms with E-state index in [2.05, 4.69) is 31.0 Å². The number of aromatic nitrogens is 1. The molecule has 0 unspecified atom stereocenters. The summed E-state index contributed by atoms with van der Waals surface area (Å²) in [6.45, 7) is 10.3. The number of amides is 1. The second-order valence-corrected chi connectivity index (χ2v) is 10.6. The number of benzene rings is 1. The van der Waals surface area contributed by atoms with Gasteiger partial charge < -0.3 is 19.4 Å². The van der Waals surface area contributed by atoms with Gasteiger partial charge in [-0.15, -0.1) is 0 Å². The molecule has 1 aliphatic carbocycles. The van der Waals surface area contributed by atoms with Crippen LogP contribution < -0.4 is 10.1 Å². The molecule has 1 saturated carbocycles. The molecule has 1 aliphatic heterocycles. The Labute approximate surface area is 190 Å². The van der Waals surface area contributed by atoms with E-state index in [-0.39, 0.29) is 17.9 Å². The van der Waals surface area contributed by atoms with Gasteiger partial charge in [-0.3, -0.25) is 9.69 Å². The Bertz CT molecular complexity index is 1060. The fourth-order valence-corrected chi connectivity index (χ4v) is 6.24. The number of nitrogens with zero attached hydrogens (tertiary/aromatic N) is 2. The standard InChI is InChI=1S/C25H35N3O4/c1-7-32-23(30)22-21(18-10-17(31-6)8-9-19(18)27(22)5)26-20(29)13-28-15-25(4)12-16(28)11-24(2,3)14-25/h8-10,16H,7,11-15H2,1-6H3,(H,26,29)/t16-,25+/m1/s1. The predicted molar refractivity (Wildman–Crippen MR) is 125 cm³/mol. The lowest BCUT2D eigenvalue weighted by molar-refractivity contribution is -0.117. The SMILES string of the molecule is CCOC(=O)c1c(NC(=O)CN2C[C@@]3(C)C[C@H]2CC(C)(C)C3)c2cc(OC)ccc2n1C. The van der Waals surface area contributed by atoms with Crippen molar-refractivity contribution < 1.29 is 19.1 Å². The number of hydrogen-bond acceptors (Lipinski definition) is 5. The van der Waals surface area contributed by atoms with Crippen molar-refractivity contribution in [2.75, 3.05) is 32.1 Å². The molecule has 0 radical (unpaired) electrons. The molecule has 1 aromatic carbocycles. The van der Waals surface area contributed by atoms with Crippen LogP contribution in [0.4, 0.5) is 5.69 Å². The van der Waals surface area contributed by atoms with Crippen LogP contribution in [-0.2, 0) is 16.6 Å². The van der Waals surface area contributed by atoms with Crippen molar-refractivity contribution in [1.29, 1.82) is 0 Å². The van der Waals surface area contributed by atoms with Crippen LogP contribution in [0, 0.1) is 10.8 Å². The smallest absolute Gasteiger partial charge is 0.357 e. The maximum absolute atomic E-state index is 13.2. The van der Waals surface area contributed by atoms with Gasteiger partial charge in [0, 0.05) is 25.0 Å². The monoisotopic (exact) mass is 441 g/mol. The zero-order valence-electron chi connectivity index (χ0n) is 20.1. The Morgan fingerprint density at radius 1 is 1.22 bits per heavy atom. The first-order valence-electron chi connectivity index (χ1n) is 11.4. The zero-order valence-corrected chi connectivity index (χ0v) is 20.1. The molecule has 2 fully saturated rings. The summed E-state index contributed by atoms with van der Waals surface area (Å²) < 4.78 is 12.4. The van der Waals surface area contributed by atoms with Crippen molar-refractivity contribution >= 4 is 28.5 Å². The van der Waals surface area contributed by atoms with Crippen LogP contribution in [0.1, 0.15) is 57.4 Å². The molecule has 2 aliphatic rings. The van der Waals surface area contributed by atoms with Crippen LogP contribution in [0.2, 0.25) is 0 Å². The van der Waals surface area contributed by atoms with Crippen molar-refractivity contribution in [2.24, 2.45) is 17.9 Å². The second-order valence-electron chi connectivity index (χ2n) is 10.6. The molecule has 1 amide bonds. The topological polar surface area (TPSA) is 72.8 Å². The van der Waals surface area contributed by atoms with Gasteiger partial charge in [0.25, 0.3) is 0 Å². The normalized spacial score (nSPS) is 24.5. The Kier molecular flexibility index (Phi) is 5.74. The van der Waals surface area contributed by atoms with E-state index in [9.17, 15) is 9.59 Å². The lowest BCUT2D eigenvalue weighted by atomic mass is 9.65. The van der Waals surface area contributed by atoms with E-state index in [1.54, 1.807) is 18.6 Å². The van der Waals surface area contributed by atoms with Gasteiger partial charge in [0.1, 0.15) is 5.75 Å². The molecule has 2 aromatic rings. The van der Waals surface area contributed by atoms with Crippen molar-refractivity contribution in [1.82, 2.24) is 9.47 Å². The van der Waals surface area contributed by atoms with Crippen LogP contribution >= 0.6 is 0 Å². The zero-order chi connectivity index (χ0) is 23.3. The van der Waals surface area contributed by atoms with Crippen molar-refractivity contribution in [3.8, 4) is 5.75 Å². The minimum absolute atomic E-state index is 0.111. The Balaban J connectivity index is 1.62. The first-order valence-corrected chi connectivity index (χ1v) is 11.4. The van der Waals surface area contributed by atoms with Gasteiger partial charge in [0.05, 0.1) is 31.5 Å². The summed E-state index contributed by atoms with van der Waals surface area (Å²) in [7, 11) is 3.41. The van der Waals surface area contributed by atoms with E-state index in [0.29, 0.717) is 35.1 Å². The first-order chi connectivity index (χ1) is 15.1. The minimum Gasteiger partial charge on any atom is -0.497 e. The number of ether oxygens (including phenoxy) is 2. The minimum atomic E-state index is -0.452. The molecule has 7 heteroatoms. The molecule has 1 saturated heterocycles. The maximum atomic E-state index is 13.2. The van der Waals surface area contributed by atoms with Crippen LogP contribution in [0.3, 0.4) is 0 Å². The summed E-state index contributed by atoms with van der Waals surface area (Å²) in [6.07, 6.45) is 3.43. The Hall–Kier alpha value is -2.54. The molecule has 7 nitrogen and oxygen atoms in total. The molecule has 1 N–H and O–H groups in total. The molecule has 174 valence electrons. The summed E-state index contributed by atoms with van der Waals surface area (Å²) in [4.78, 5) is 28.3. The van der Waals surface area contributed by atoms with Gasteiger partial charge in [-0.1, -0.05) is 20.8 Å². The van der Waals surface area contributed by atoms with E-state index in [0.717, 1.165) is 30.3 Å². The Morgan fingerprint density at radius 2 is 1.97 bits per heavy atom. The fourth-order valence-electron chi connectivity index (χ4n) is 6.24. The number of hydrogen-bond donors (Lipinski definition) is 1. The third-order valence-electron chi connectivity index (χ3n) is 7.01. The predicted octanol–water partition coefficient (Wildman–Crippen LogP) is 4.20. The highest BCUT2D eigenvalue weighted by molar-refractivity contribution is 6.12. The molecule has 2 heterocycles. The van der Waals surface area contributed by atoms with Crippen LogP contribution in [0.25, 0.3) is 10.9 Å². The lowest BCUT2D eigenvalue weighted by Gasteiger charge is -2.39. The van der Waals surface area contributed by atoms with E-state index >= 15 is 0 Å². The largest absolute Gasteiger partial charge is 0.497 e. The highest BCUT2D eigenvalue weighted by Crippen LogP contribution is 2.52. The van der Waals surface area contributed by atoms with Gasteiger partial charge in [-0.05, 0) is 55.2 Å². The van der Waals surface area contributed by atoms with E-state index in [1.165, 1.54) is 6.42 Å². The number of anilines is 1. The first kappa shape index (κ1) is 22.6. The average molecular weight is 442 g/mol. The van der Waals surface area contributed by atoms with Gasteiger partial charge in [0.2, 0.25) is 5.91 Å². The number of likely N-dealkylation sites (tertiary alicyclic amines) is 1. The van der Waals surface area contributed by atoms with E-state index < -0.39 is 5.97 Å². The van der Waals surface area contributed by atoms with Crippen LogP contribution in [0.5, 0.6) is 5.75 Å². The van der Waals surface area contributed by atoms with Gasteiger partial charge in [-0.2, -0.15) is 0 Å². The summed E-state index contributed by atoms with van der Waals surface area (Å²) in [5.41, 5.74) is 2.22. The number of carbonyl (C=O) groups is 2. The molecule has 4 rings (SSSR count). The third kappa shape index (κ3) is 4.10. The number of carbonyl (C=O) groups excluding carboxylic acids is 2. The van der Waals surface area contributed by atoms with Gasteiger partial charge in [0.15, 0.2) is 5.69 Å². The highest BCUT2D eigenvalue weighted by Gasteiger charge is 2.49. The van der Waals surface area contributed by atoms with E-state index in [1.807, 2.05) is 25.2 Å². The van der Waals surface area contributed by atoms with Gasteiger partial charge >= 0.3 is 5.97 Å². The molecule has 2 atom stereocenters. The van der Waals surface area contributed by atoms with Crippen molar-refractivity contribution in [2.45, 2.75) is 53.0 Å². The number of nitrogens with one attached hydrogen (secondary N) is 1. The van der Waals surface area contributed by atoms with Gasteiger partial charge in [-0.25, -0.2) is 4.79 Å². The average Bonchev–Trinajstić information content (AvgIpc) is 3.10.